The highest BCUT2D eigenvalue weighted by molar-refractivity contribution is 7.81. The molecule has 20 heteroatoms. The maximum atomic E-state index is 14.1. The van der Waals surface area contributed by atoms with E-state index in [0.29, 0.717) is 23.4 Å². The number of fused-ring (bicyclic) bond motifs is 1. The Balaban J connectivity index is 1.28. The van der Waals surface area contributed by atoms with E-state index in [9.17, 15) is 36.3 Å². The summed E-state index contributed by atoms with van der Waals surface area (Å²) in [6, 6.07) is 0.933. The molecule has 1 aliphatic carbocycles. The Morgan fingerprint density at radius 3 is 2.53 bits per heavy atom. The lowest BCUT2D eigenvalue weighted by Gasteiger charge is -2.31. The van der Waals surface area contributed by atoms with E-state index in [4.69, 9.17) is 19.9 Å². The van der Waals surface area contributed by atoms with Crippen LogP contribution in [0.15, 0.2) is 30.6 Å². The first kappa shape index (κ1) is 38.3. The van der Waals surface area contributed by atoms with Crippen LogP contribution in [-0.4, -0.2) is 92.1 Å². The Morgan fingerprint density at radius 2 is 1.83 bits per heavy atom. The van der Waals surface area contributed by atoms with Gasteiger partial charge in [0.2, 0.25) is 12.2 Å². The van der Waals surface area contributed by atoms with Crippen LogP contribution in [0.2, 0.25) is 0 Å². The number of halogens is 3. The van der Waals surface area contributed by atoms with Gasteiger partial charge in [-0.15, -0.1) is 13.2 Å². The normalized spacial score (nSPS) is 19.9. The highest BCUT2D eigenvalue weighted by Crippen LogP contribution is 2.38. The lowest BCUT2D eigenvalue weighted by atomic mass is 9.98. The molecule has 3 fully saturated rings. The van der Waals surface area contributed by atoms with Crippen molar-refractivity contribution in [3.8, 4) is 5.75 Å². The zero-order chi connectivity index (χ0) is 37.9. The molecule has 2 saturated heterocycles. The summed E-state index contributed by atoms with van der Waals surface area (Å²) < 4.78 is 87.4. The monoisotopic (exact) mass is 783 g/mol. The zero-order valence-electron chi connectivity index (χ0n) is 28.6. The third kappa shape index (κ3) is 9.21. The summed E-state index contributed by atoms with van der Waals surface area (Å²) in [6.45, 7) is 2.59. The highest BCUT2D eigenvalue weighted by atomic mass is 32.2. The number of nitrogen functional groups attached to an aromatic ring is 1. The van der Waals surface area contributed by atoms with Crippen molar-refractivity contribution in [1.29, 1.82) is 0 Å². The first-order valence-corrected chi connectivity index (χ1v) is 19.0. The summed E-state index contributed by atoms with van der Waals surface area (Å²) in [5, 5.41) is 1.29. The van der Waals surface area contributed by atoms with Gasteiger partial charge in [-0.25, -0.2) is 19.6 Å². The molecule has 1 amide bonds. The Kier molecular flexibility index (Phi) is 11.8. The molecule has 0 spiro atoms. The number of carbonyl (C=O) groups is 3. The maximum absolute atomic E-state index is 14.1. The summed E-state index contributed by atoms with van der Waals surface area (Å²) in [5.74, 6) is -2.70. The molecule has 2 aromatic heterocycles. The molecule has 3 aliphatic rings. The number of esters is 1. The zero-order valence-corrected chi connectivity index (χ0v) is 30.3. The minimum Gasteiger partial charge on any atom is -0.755 e. The SMILES string of the molecule is CC(OC(=O)OC1CCCCC1)OC(=O)[C@@H](Cc1cc2ccnc(N)c2cc1OC(F)(F)F)N1CC[C@H](N(c2cnc(N3CCCC3)s2)S(=O)[O-])C1=O. The largest absolute Gasteiger partial charge is 0.755 e. The number of pyridine rings is 1. The number of alkyl halides is 3. The van der Waals surface area contributed by atoms with Crippen molar-refractivity contribution < 1.29 is 55.3 Å². The van der Waals surface area contributed by atoms with Crippen LogP contribution in [0.25, 0.3) is 10.8 Å². The average molecular weight is 784 g/mol. The van der Waals surface area contributed by atoms with E-state index >= 15 is 0 Å². The van der Waals surface area contributed by atoms with Crippen molar-refractivity contribution in [1.82, 2.24) is 14.9 Å². The molecular weight excluding hydrogens is 746 g/mol. The number of nitrogens with zero attached hydrogens (tertiary/aromatic N) is 5. The number of likely N-dealkylation sites (tertiary alicyclic amines) is 1. The van der Waals surface area contributed by atoms with E-state index in [1.54, 1.807) is 0 Å². The average Bonchev–Trinajstić information content (AvgIpc) is 3.87. The van der Waals surface area contributed by atoms with Crippen LogP contribution in [0.5, 0.6) is 5.75 Å². The second kappa shape index (κ2) is 16.3. The van der Waals surface area contributed by atoms with Crippen LogP contribution >= 0.6 is 11.3 Å². The lowest BCUT2D eigenvalue weighted by Crippen LogP contribution is -2.49. The van der Waals surface area contributed by atoms with Gasteiger partial charge in [0.05, 0.1) is 6.20 Å². The highest BCUT2D eigenvalue weighted by Gasteiger charge is 2.45. The van der Waals surface area contributed by atoms with Crippen molar-refractivity contribution in [2.24, 2.45) is 0 Å². The van der Waals surface area contributed by atoms with Crippen molar-refractivity contribution in [3.05, 3.63) is 36.2 Å². The van der Waals surface area contributed by atoms with Crippen LogP contribution in [0.3, 0.4) is 0 Å². The number of thiazole rings is 1. The summed E-state index contributed by atoms with van der Waals surface area (Å²) >= 11 is -1.85. The van der Waals surface area contributed by atoms with E-state index in [1.807, 2.05) is 4.90 Å². The van der Waals surface area contributed by atoms with Crippen LogP contribution in [0.4, 0.5) is 33.9 Å². The number of carbonyl (C=O) groups excluding carboxylic acids is 3. The first-order valence-electron chi connectivity index (χ1n) is 17.2. The molecule has 2 unspecified atom stereocenters. The summed E-state index contributed by atoms with van der Waals surface area (Å²) in [5.41, 5.74) is 5.78. The van der Waals surface area contributed by atoms with Gasteiger partial charge in [-0.3, -0.25) is 13.3 Å². The van der Waals surface area contributed by atoms with Crippen LogP contribution in [0.1, 0.15) is 63.9 Å². The topological polar surface area (TPSA) is 190 Å². The third-order valence-corrected chi connectivity index (χ3v) is 11.3. The van der Waals surface area contributed by atoms with Gasteiger partial charge >= 0.3 is 18.5 Å². The Labute approximate surface area is 308 Å². The van der Waals surface area contributed by atoms with E-state index in [0.717, 1.165) is 71.8 Å². The van der Waals surface area contributed by atoms with Gasteiger partial charge in [0.1, 0.15) is 34.8 Å². The second-order valence-corrected chi connectivity index (χ2v) is 14.8. The number of amides is 1. The number of benzene rings is 1. The van der Waals surface area contributed by atoms with Gasteiger partial charge in [0.25, 0.3) is 0 Å². The van der Waals surface area contributed by atoms with E-state index < -0.39 is 66.2 Å². The van der Waals surface area contributed by atoms with Crippen LogP contribution in [0, 0.1) is 0 Å². The van der Waals surface area contributed by atoms with Crippen molar-refractivity contribution in [2.75, 3.05) is 34.6 Å². The second-order valence-electron chi connectivity index (χ2n) is 12.9. The number of nitrogens with two attached hydrogens (primary N) is 1. The quantitative estimate of drug-likeness (QED) is 0.148. The fourth-order valence-corrected chi connectivity index (χ4v) is 8.70. The molecule has 2 N–H and O–H groups in total. The standard InChI is InChI=1S/C33H39F3N6O9S2/c1-19(49-32(45)50-22-7-3-2-4-8-22)48-30(44)25(16-21-15-20-9-11-38-28(37)23(20)17-26(21)51-33(34,35)36)41-14-10-24(29(41)43)42(53(46)47)27-18-39-31(52-27)40-12-5-6-13-40/h9,11,15,17-19,22,24-25H,2-8,10,12-14,16H2,1H3,(H2,37,38)(H,46,47)/p-1/t19?,24-,25+/m0/s1. The molecule has 4 atom stereocenters. The molecule has 1 aromatic carbocycles. The third-order valence-electron chi connectivity index (χ3n) is 9.35. The smallest absolute Gasteiger partial charge is 0.573 e. The molecule has 0 bridgehead atoms. The predicted molar refractivity (Wildman–Crippen MR) is 185 cm³/mol. The predicted octanol–water partition coefficient (Wildman–Crippen LogP) is 4.96. The first-order chi connectivity index (χ1) is 25.3. The number of aromatic nitrogens is 2. The van der Waals surface area contributed by atoms with E-state index in [2.05, 4.69) is 14.7 Å². The molecule has 4 heterocycles. The molecule has 6 rings (SSSR count). The molecule has 3 aromatic rings. The fraction of sp³-hybridized carbons (Fsp3) is 0.545. The fourth-order valence-electron chi connectivity index (χ4n) is 6.89. The van der Waals surface area contributed by atoms with E-state index in [1.165, 1.54) is 31.5 Å². The Morgan fingerprint density at radius 1 is 1.09 bits per heavy atom. The number of anilines is 3. The molecule has 53 heavy (non-hydrogen) atoms. The minimum absolute atomic E-state index is 0.0673. The minimum atomic E-state index is -5.15. The van der Waals surface area contributed by atoms with Gasteiger partial charge in [-0.1, -0.05) is 17.8 Å². The van der Waals surface area contributed by atoms with E-state index in [-0.39, 0.29) is 40.8 Å². The molecule has 288 valence electrons. The number of ether oxygens (including phenoxy) is 4. The van der Waals surface area contributed by atoms with Gasteiger partial charge in [-0.2, -0.15) is 0 Å². The summed E-state index contributed by atoms with van der Waals surface area (Å²) in [6.07, 6.45) is 0.00197. The number of hydrogen-bond acceptors (Lipinski definition) is 14. The van der Waals surface area contributed by atoms with Gasteiger partial charge < -0.3 is 39.0 Å². The van der Waals surface area contributed by atoms with Gasteiger partial charge in [-0.05, 0) is 74.1 Å². The van der Waals surface area contributed by atoms with Crippen molar-refractivity contribution in [2.45, 2.75) is 95.6 Å². The maximum Gasteiger partial charge on any atom is 0.573 e. The molecule has 2 aliphatic heterocycles. The molecule has 15 nitrogen and oxygen atoms in total. The number of rotatable bonds is 12. The van der Waals surface area contributed by atoms with Gasteiger partial charge in [0.15, 0.2) is 5.13 Å². The Hall–Kier alpha value is -4.43. The van der Waals surface area contributed by atoms with Crippen molar-refractivity contribution in [3.63, 3.8) is 0 Å². The summed E-state index contributed by atoms with van der Waals surface area (Å²) in [4.78, 5) is 51.9. The summed E-state index contributed by atoms with van der Waals surface area (Å²) in [7, 11) is 0. The van der Waals surface area contributed by atoms with Crippen LogP contribution in [-0.2, 0) is 41.5 Å². The molecule has 0 radical (unpaired) electrons. The molecular formula is C33H38F3N6O9S2-. The lowest BCUT2D eigenvalue weighted by molar-refractivity contribution is -0.274. The Bertz CT molecular complexity index is 1840. The van der Waals surface area contributed by atoms with Crippen LogP contribution < -0.4 is 19.7 Å². The van der Waals surface area contributed by atoms with Gasteiger partial charge in [0, 0.05) is 55.8 Å². The number of hydrogen-bond donors (Lipinski definition) is 1. The van der Waals surface area contributed by atoms with Crippen molar-refractivity contribution >= 4 is 67.4 Å². The molecule has 1 saturated carbocycles.